The van der Waals surface area contributed by atoms with Crippen LogP contribution in [0.3, 0.4) is 0 Å². The Morgan fingerprint density at radius 3 is 2.22 bits per heavy atom. The van der Waals surface area contributed by atoms with E-state index in [0.717, 1.165) is 63.8 Å². The topological polar surface area (TPSA) is 81.0 Å². The molecule has 2 saturated carbocycles. The molecule has 0 aromatic carbocycles. The SMILES string of the molecule is Cn1ccnc1CN1CCN(Cc2nnc(C3CC(N)C3)n2C2CC2)CC1. The Labute approximate surface area is 160 Å². The Bertz CT molecular complexity index is 777. The zero-order valence-electron chi connectivity index (χ0n) is 16.2. The van der Waals surface area contributed by atoms with Crippen LogP contribution in [0.5, 0.6) is 0 Å². The monoisotopic (exact) mass is 370 g/mol. The maximum absolute atomic E-state index is 6.00. The van der Waals surface area contributed by atoms with Crippen LogP contribution in [0, 0.1) is 0 Å². The third-order valence-electron chi connectivity index (χ3n) is 6.36. The van der Waals surface area contributed by atoms with Crippen molar-refractivity contribution < 1.29 is 0 Å². The van der Waals surface area contributed by atoms with Gasteiger partial charge in [-0.25, -0.2) is 4.98 Å². The molecule has 0 unspecified atom stereocenters. The molecule has 27 heavy (non-hydrogen) atoms. The lowest BCUT2D eigenvalue weighted by Gasteiger charge is -2.34. The van der Waals surface area contributed by atoms with Gasteiger partial charge < -0.3 is 14.9 Å². The third-order valence-corrected chi connectivity index (χ3v) is 6.36. The van der Waals surface area contributed by atoms with E-state index in [1.165, 1.54) is 18.7 Å². The maximum Gasteiger partial charge on any atom is 0.147 e. The maximum atomic E-state index is 6.00. The molecule has 8 heteroatoms. The molecular formula is C19H30N8. The first-order valence-electron chi connectivity index (χ1n) is 10.3. The summed E-state index contributed by atoms with van der Waals surface area (Å²) in [6.07, 6.45) is 8.57. The molecule has 5 rings (SSSR count). The summed E-state index contributed by atoms with van der Waals surface area (Å²) >= 11 is 0. The van der Waals surface area contributed by atoms with Gasteiger partial charge >= 0.3 is 0 Å². The Morgan fingerprint density at radius 1 is 1.00 bits per heavy atom. The Morgan fingerprint density at radius 2 is 1.67 bits per heavy atom. The smallest absolute Gasteiger partial charge is 0.147 e. The number of piperazine rings is 1. The van der Waals surface area contributed by atoms with E-state index in [1.807, 2.05) is 12.4 Å². The highest BCUT2D eigenvalue weighted by Gasteiger charge is 2.37. The lowest BCUT2D eigenvalue weighted by molar-refractivity contribution is 0.116. The third kappa shape index (κ3) is 3.53. The van der Waals surface area contributed by atoms with Gasteiger partial charge in [-0.2, -0.15) is 0 Å². The fourth-order valence-corrected chi connectivity index (χ4v) is 4.38. The van der Waals surface area contributed by atoms with Gasteiger partial charge in [0.2, 0.25) is 0 Å². The summed E-state index contributed by atoms with van der Waals surface area (Å²) in [5.41, 5.74) is 6.00. The summed E-state index contributed by atoms with van der Waals surface area (Å²) in [6.45, 7) is 6.15. The average Bonchev–Trinajstić information content (AvgIpc) is 3.28. The molecule has 0 atom stereocenters. The molecule has 2 N–H and O–H groups in total. The van der Waals surface area contributed by atoms with Crippen molar-refractivity contribution in [1.82, 2.24) is 34.1 Å². The molecule has 2 aromatic rings. The summed E-state index contributed by atoms with van der Waals surface area (Å²) in [7, 11) is 2.07. The van der Waals surface area contributed by atoms with E-state index in [2.05, 4.69) is 41.2 Å². The summed E-state index contributed by atoms with van der Waals surface area (Å²) in [5.74, 6) is 4.02. The van der Waals surface area contributed by atoms with Crippen molar-refractivity contribution >= 4 is 0 Å². The molecule has 2 aliphatic carbocycles. The quantitative estimate of drug-likeness (QED) is 0.813. The predicted octanol–water partition coefficient (Wildman–Crippen LogP) is 0.869. The van der Waals surface area contributed by atoms with E-state index in [9.17, 15) is 0 Å². The fraction of sp³-hybridized carbons (Fsp3) is 0.737. The molecule has 1 aliphatic heterocycles. The summed E-state index contributed by atoms with van der Waals surface area (Å²) in [6, 6.07) is 0.987. The van der Waals surface area contributed by atoms with Gasteiger partial charge in [-0.1, -0.05) is 0 Å². The van der Waals surface area contributed by atoms with Crippen molar-refractivity contribution in [2.75, 3.05) is 26.2 Å². The standard InChI is InChI=1S/C19H30N8/c1-24-5-4-21-17(24)12-25-6-8-26(9-7-25)13-18-22-23-19(14-10-15(20)11-14)27(18)16-2-3-16/h4-5,14-16H,2-3,6-13,20H2,1H3. The molecule has 1 saturated heterocycles. The van der Waals surface area contributed by atoms with Gasteiger partial charge in [0, 0.05) is 63.6 Å². The minimum atomic E-state index is 0.356. The number of nitrogens with zero attached hydrogens (tertiary/aromatic N) is 7. The summed E-state index contributed by atoms with van der Waals surface area (Å²) in [4.78, 5) is 9.46. The Hall–Kier alpha value is -1.77. The number of hydrogen-bond acceptors (Lipinski definition) is 6. The first-order chi connectivity index (χ1) is 13.2. The van der Waals surface area contributed by atoms with Crippen LogP contribution in [0.2, 0.25) is 0 Å². The van der Waals surface area contributed by atoms with Crippen LogP contribution < -0.4 is 5.73 Å². The minimum Gasteiger partial charge on any atom is -0.337 e. The summed E-state index contributed by atoms with van der Waals surface area (Å²) in [5, 5.41) is 9.18. The second kappa shape index (κ2) is 7.00. The van der Waals surface area contributed by atoms with Gasteiger partial charge in [0.1, 0.15) is 17.5 Å². The number of aromatic nitrogens is 5. The van der Waals surface area contributed by atoms with Crippen molar-refractivity contribution in [2.24, 2.45) is 12.8 Å². The van der Waals surface area contributed by atoms with Gasteiger partial charge in [0.15, 0.2) is 0 Å². The van der Waals surface area contributed by atoms with Crippen molar-refractivity contribution in [3.05, 3.63) is 29.9 Å². The molecule has 3 fully saturated rings. The molecule has 0 radical (unpaired) electrons. The number of aryl methyl sites for hydroxylation is 1. The minimum absolute atomic E-state index is 0.356. The van der Waals surface area contributed by atoms with E-state index < -0.39 is 0 Å². The van der Waals surface area contributed by atoms with Gasteiger partial charge in [0.25, 0.3) is 0 Å². The van der Waals surface area contributed by atoms with Crippen LogP contribution in [0.4, 0.5) is 0 Å². The normalized spacial score (nSPS) is 27.0. The number of hydrogen-bond donors (Lipinski definition) is 1. The van der Waals surface area contributed by atoms with Gasteiger partial charge in [-0.05, 0) is 25.7 Å². The average molecular weight is 371 g/mol. The van der Waals surface area contributed by atoms with Crippen LogP contribution in [-0.2, 0) is 20.1 Å². The van der Waals surface area contributed by atoms with E-state index in [0.29, 0.717) is 18.0 Å². The Kier molecular flexibility index (Phi) is 4.49. The van der Waals surface area contributed by atoms with Crippen LogP contribution in [0.15, 0.2) is 12.4 Å². The van der Waals surface area contributed by atoms with Crippen molar-refractivity contribution in [1.29, 1.82) is 0 Å². The highest BCUT2D eigenvalue weighted by molar-refractivity contribution is 5.12. The van der Waals surface area contributed by atoms with E-state index in [-0.39, 0.29) is 0 Å². The lowest BCUT2D eigenvalue weighted by atomic mass is 9.80. The first-order valence-corrected chi connectivity index (χ1v) is 10.3. The number of nitrogens with two attached hydrogens (primary N) is 1. The van der Waals surface area contributed by atoms with Gasteiger partial charge in [-0.15, -0.1) is 10.2 Å². The molecule has 0 spiro atoms. The first kappa shape index (κ1) is 17.3. The van der Waals surface area contributed by atoms with E-state index in [4.69, 9.17) is 5.73 Å². The largest absolute Gasteiger partial charge is 0.337 e. The van der Waals surface area contributed by atoms with Crippen LogP contribution in [0.25, 0.3) is 0 Å². The summed E-state index contributed by atoms with van der Waals surface area (Å²) < 4.78 is 4.56. The molecule has 3 aliphatic rings. The molecule has 0 bridgehead atoms. The zero-order valence-corrected chi connectivity index (χ0v) is 16.2. The van der Waals surface area contributed by atoms with E-state index in [1.54, 1.807) is 0 Å². The molecule has 3 heterocycles. The number of rotatable bonds is 6. The van der Waals surface area contributed by atoms with Crippen molar-refractivity contribution in [2.45, 2.75) is 56.8 Å². The Balaban J connectivity index is 1.20. The molecule has 0 amide bonds. The van der Waals surface area contributed by atoms with Gasteiger partial charge in [-0.3, -0.25) is 9.80 Å². The highest BCUT2D eigenvalue weighted by atomic mass is 15.3. The highest BCUT2D eigenvalue weighted by Crippen LogP contribution is 2.42. The van der Waals surface area contributed by atoms with Crippen LogP contribution in [-0.4, -0.2) is 66.3 Å². The van der Waals surface area contributed by atoms with Crippen LogP contribution in [0.1, 0.15) is 55.1 Å². The van der Waals surface area contributed by atoms with E-state index >= 15 is 0 Å². The molecule has 8 nitrogen and oxygen atoms in total. The second-order valence-electron chi connectivity index (χ2n) is 8.51. The number of imidazole rings is 1. The van der Waals surface area contributed by atoms with Crippen LogP contribution >= 0.6 is 0 Å². The zero-order chi connectivity index (χ0) is 18.4. The molecular weight excluding hydrogens is 340 g/mol. The molecule has 2 aromatic heterocycles. The van der Waals surface area contributed by atoms with Crippen molar-refractivity contribution in [3.8, 4) is 0 Å². The fourth-order valence-electron chi connectivity index (χ4n) is 4.38. The van der Waals surface area contributed by atoms with Gasteiger partial charge in [0.05, 0.1) is 13.1 Å². The molecule has 146 valence electrons. The van der Waals surface area contributed by atoms with Crippen molar-refractivity contribution in [3.63, 3.8) is 0 Å². The lowest BCUT2D eigenvalue weighted by Crippen LogP contribution is -2.46. The predicted molar refractivity (Wildman–Crippen MR) is 102 cm³/mol. The second-order valence-corrected chi connectivity index (χ2v) is 8.51.